The first-order valence-electron chi connectivity index (χ1n) is 7.72. The minimum absolute atomic E-state index is 0.599. The molecule has 0 aliphatic rings. The Bertz CT molecular complexity index is 835. The van der Waals surface area contributed by atoms with Crippen molar-refractivity contribution in [3.63, 3.8) is 0 Å². The van der Waals surface area contributed by atoms with E-state index in [1.807, 2.05) is 24.3 Å². The van der Waals surface area contributed by atoms with Crippen molar-refractivity contribution in [1.29, 1.82) is 0 Å². The van der Waals surface area contributed by atoms with Crippen molar-refractivity contribution in [3.8, 4) is 17.2 Å². The number of nitrogens with one attached hydrogen (secondary N) is 1. The number of H-pyrrole nitrogens is 1. The van der Waals surface area contributed by atoms with E-state index in [9.17, 15) is 0 Å². The van der Waals surface area contributed by atoms with Crippen LogP contribution in [0.5, 0.6) is 17.2 Å². The van der Waals surface area contributed by atoms with E-state index in [-0.39, 0.29) is 0 Å². The number of aromatic amines is 1. The van der Waals surface area contributed by atoms with Crippen LogP contribution in [0.15, 0.2) is 42.5 Å². The van der Waals surface area contributed by atoms with E-state index in [4.69, 9.17) is 14.2 Å². The third-order valence-corrected chi connectivity index (χ3v) is 4.04. The highest BCUT2D eigenvalue weighted by molar-refractivity contribution is 5.87. The maximum Gasteiger partial charge on any atom is 0.203 e. The molecule has 0 fully saturated rings. The summed E-state index contributed by atoms with van der Waals surface area (Å²) in [5, 5.41) is 1.20. The molecule has 124 valence electrons. The molecular weight excluding hydrogens is 302 g/mol. The second-order valence-corrected chi connectivity index (χ2v) is 5.55. The third kappa shape index (κ3) is 2.95. The molecule has 0 spiro atoms. The van der Waals surface area contributed by atoms with Gasteiger partial charge in [0.15, 0.2) is 11.5 Å². The van der Waals surface area contributed by atoms with Crippen LogP contribution in [0.1, 0.15) is 18.2 Å². The fraction of sp³-hybridized carbons (Fsp3) is 0.200. The molecule has 1 N–H and O–H groups in total. The summed E-state index contributed by atoms with van der Waals surface area (Å²) < 4.78 is 16.2. The number of para-hydroxylation sites is 1. The molecule has 0 aliphatic heterocycles. The van der Waals surface area contributed by atoms with Crippen LogP contribution >= 0.6 is 0 Å². The molecule has 0 bridgehead atoms. The zero-order chi connectivity index (χ0) is 17.1. The second-order valence-electron chi connectivity index (χ2n) is 5.55. The van der Waals surface area contributed by atoms with Crippen LogP contribution in [-0.2, 0) is 0 Å². The van der Waals surface area contributed by atoms with Crippen molar-refractivity contribution < 1.29 is 14.2 Å². The van der Waals surface area contributed by atoms with Gasteiger partial charge in [-0.3, -0.25) is 0 Å². The number of allylic oxidation sites excluding steroid dienone is 1. The summed E-state index contributed by atoms with van der Waals surface area (Å²) in [4.78, 5) is 3.41. The fourth-order valence-electron chi connectivity index (χ4n) is 2.80. The van der Waals surface area contributed by atoms with E-state index in [0.29, 0.717) is 17.2 Å². The Morgan fingerprint density at radius 3 is 2.17 bits per heavy atom. The minimum atomic E-state index is 0.599. The minimum Gasteiger partial charge on any atom is -0.493 e. The number of rotatable bonds is 5. The van der Waals surface area contributed by atoms with Gasteiger partial charge in [-0.2, -0.15) is 0 Å². The number of fused-ring (bicyclic) bond motifs is 1. The molecule has 1 aromatic heterocycles. The number of methoxy groups -OCH3 is 3. The van der Waals surface area contributed by atoms with Crippen LogP contribution in [-0.4, -0.2) is 26.3 Å². The van der Waals surface area contributed by atoms with Gasteiger partial charge in [0.1, 0.15) is 0 Å². The average molecular weight is 323 g/mol. The fourth-order valence-corrected chi connectivity index (χ4v) is 2.80. The van der Waals surface area contributed by atoms with E-state index in [1.54, 1.807) is 21.3 Å². The molecule has 0 aliphatic carbocycles. The van der Waals surface area contributed by atoms with Gasteiger partial charge in [0.25, 0.3) is 0 Å². The number of benzene rings is 2. The van der Waals surface area contributed by atoms with E-state index < -0.39 is 0 Å². The van der Waals surface area contributed by atoms with E-state index in [0.717, 1.165) is 22.3 Å². The van der Waals surface area contributed by atoms with Crippen molar-refractivity contribution >= 4 is 22.6 Å². The van der Waals surface area contributed by atoms with Gasteiger partial charge in [-0.05, 0) is 53.8 Å². The summed E-state index contributed by atoms with van der Waals surface area (Å²) in [7, 11) is 4.85. The van der Waals surface area contributed by atoms with Gasteiger partial charge in [-0.1, -0.05) is 18.2 Å². The molecule has 0 saturated heterocycles. The van der Waals surface area contributed by atoms with E-state index in [1.165, 1.54) is 5.39 Å². The third-order valence-electron chi connectivity index (χ3n) is 4.04. The van der Waals surface area contributed by atoms with Gasteiger partial charge < -0.3 is 19.2 Å². The number of aromatic nitrogens is 1. The first-order valence-corrected chi connectivity index (χ1v) is 7.72. The normalized spacial score (nSPS) is 11.6. The van der Waals surface area contributed by atoms with E-state index >= 15 is 0 Å². The van der Waals surface area contributed by atoms with Gasteiger partial charge in [0, 0.05) is 11.2 Å². The van der Waals surface area contributed by atoms with Crippen molar-refractivity contribution in [2.24, 2.45) is 0 Å². The van der Waals surface area contributed by atoms with Gasteiger partial charge in [-0.15, -0.1) is 0 Å². The van der Waals surface area contributed by atoms with Crippen molar-refractivity contribution in [3.05, 3.63) is 53.7 Å². The Morgan fingerprint density at radius 1 is 0.917 bits per heavy atom. The molecule has 2 aromatic carbocycles. The highest BCUT2D eigenvalue weighted by atomic mass is 16.5. The molecule has 3 aromatic rings. The first-order chi connectivity index (χ1) is 11.7. The van der Waals surface area contributed by atoms with Crippen LogP contribution in [0.2, 0.25) is 0 Å². The molecule has 0 radical (unpaired) electrons. The van der Waals surface area contributed by atoms with Crippen LogP contribution in [0.3, 0.4) is 0 Å². The Balaban J connectivity index is 2.03. The largest absolute Gasteiger partial charge is 0.493 e. The Hall–Kier alpha value is -2.88. The second kappa shape index (κ2) is 6.71. The maximum absolute atomic E-state index is 5.43. The summed E-state index contributed by atoms with van der Waals surface area (Å²) in [5.41, 5.74) is 4.30. The molecule has 1 heterocycles. The molecule has 0 amide bonds. The molecule has 0 unspecified atom stereocenters. The lowest BCUT2D eigenvalue weighted by Crippen LogP contribution is -1.96. The van der Waals surface area contributed by atoms with Crippen LogP contribution in [0, 0.1) is 0 Å². The quantitative estimate of drug-likeness (QED) is 0.736. The molecule has 0 saturated carbocycles. The summed E-state index contributed by atoms with van der Waals surface area (Å²) in [6.07, 6.45) is 2.11. The molecule has 0 atom stereocenters. The van der Waals surface area contributed by atoms with Crippen LogP contribution in [0.25, 0.3) is 22.6 Å². The molecular formula is C20H21NO3. The van der Waals surface area contributed by atoms with Crippen molar-refractivity contribution in [1.82, 2.24) is 4.98 Å². The predicted octanol–water partition coefficient (Wildman–Crippen LogP) is 4.75. The first kappa shape index (κ1) is 16.0. The van der Waals surface area contributed by atoms with Crippen LogP contribution < -0.4 is 14.2 Å². The van der Waals surface area contributed by atoms with Gasteiger partial charge in [0.05, 0.1) is 21.3 Å². The average Bonchev–Trinajstić information content (AvgIpc) is 3.02. The van der Waals surface area contributed by atoms with E-state index in [2.05, 4.69) is 36.2 Å². The highest BCUT2D eigenvalue weighted by Gasteiger charge is 2.14. The summed E-state index contributed by atoms with van der Waals surface area (Å²) in [5.74, 6) is 1.90. The topological polar surface area (TPSA) is 43.5 Å². The lowest BCUT2D eigenvalue weighted by molar-refractivity contribution is 0.324. The summed E-state index contributed by atoms with van der Waals surface area (Å²) in [6.45, 7) is 2.06. The lowest BCUT2D eigenvalue weighted by Gasteiger charge is -2.14. The number of hydrogen-bond donors (Lipinski definition) is 1. The van der Waals surface area contributed by atoms with Gasteiger partial charge in [-0.25, -0.2) is 0 Å². The van der Waals surface area contributed by atoms with Gasteiger partial charge >= 0.3 is 0 Å². The smallest absolute Gasteiger partial charge is 0.203 e. The SMILES string of the molecule is COc1cc(/C(C)=C/c2cc3ccccc3[nH]2)cc(OC)c1OC. The Labute approximate surface area is 141 Å². The van der Waals surface area contributed by atoms with Crippen molar-refractivity contribution in [2.75, 3.05) is 21.3 Å². The number of ether oxygens (including phenoxy) is 3. The molecule has 3 rings (SSSR count). The monoisotopic (exact) mass is 323 g/mol. The zero-order valence-corrected chi connectivity index (χ0v) is 14.3. The number of hydrogen-bond acceptors (Lipinski definition) is 3. The molecule has 4 heteroatoms. The lowest BCUT2D eigenvalue weighted by atomic mass is 10.0. The predicted molar refractivity (Wildman–Crippen MR) is 97.9 cm³/mol. The Morgan fingerprint density at radius 2 is 1.58 bits per heavy atom. The summed E-state index contributed by atoms with van der Waals surface area (Å²) >= 11 is 0. The Kier molecular flexibility index (Phi) is 4.47. The highest BCUT2D eigenvalue weighted by Crippen LogP contribution is 2.40. The van der Waals surface area contributed by atoms with Gasteiger partial charge in [0.2, 0.25) is 5.75 Å². The van der Waals surface area contributed by atoms with Crippen molar-refractivity contribution in [2.45, 2.75) is 6.92 Å². The molecule has 4 nitrogen and oxygen atoms in total. The molecule has 24 heavy (non-hydrogen) atoms. The summed E-state index contributed by atoms with van der Waals surface area (Å²) in [6, 6.07) is 14.3. The standard InChI is InChI=1S/C20H21NO3/c1-13(9-16-10-14-7-5-6-8-17(14)21-16)15-11-18(22-2)20(24-4)19(12-15)23-3/h5-12,21H,1-4H3/b13-9+. The zero-order valence-electron chi connectivity index (χ0n) is 14.3. The van der Waals surface area contributed by atoms with Crippen LogP contribution in [0.4, 0.5) is 0 Å². The maximum atomic E-state index is 5.43.